The average Bonchev–Trinajstić information content (AvgIpc) is 3.12. The summed E-state index contributed by atoms with van der Waals surface area (Å²) in [6.45, 7) is 0.0820. The van der Waals surface area contributed by atoms with Crippen LogP contribution in [-0.2, 0) is 6.42 Å². The first kappa shape index (κ1) is 13.1. The summed E-state index contributed by atoms with van der Waals surface area (Å²) in [7, 11) is 0. The van der Waals surface area contributed by atoms with Gasteiger partial charge in [-0.15, -0.1) is 11.3 Å². The SMILES string of the molecule is OCC(CO)(Cc1cn2ccsc2n1)C1CCCC1. The van der Waals surface area contributed by atoms with Crippen molar-refractivity contribution in [2.45, 2.75) is 32.1 Å². The molecule has 0 spiro atoms. The largest absolute Gasteiger partial charge is 0.396 e. The summed E-state index contributed by atoms with van der Waals surface area (Å²) in [6.07, 6.45) is 9.33. The summed E-state index contributed by atoms with van der Waals surface area (Å²) in [6, 6.07) is 0. The van der Waals surface area contributed by atoms with Crippen LogP contribution in [0.1, 0.15) is 31.4 Å². The smallest absolute Gasteiger partial charge is 0.193 e. The zero-order valence-electron chi connectivity index (χ0n) is 11.0. The molecule has 0 aromatic carbocycles. The number of imidazole rings is 1. The third-order valence-electron chi connectivity index (χ3n) is 4.53. The van der Waals surface area contributed by atoms with Gasteiger partial charge < -0.3 is 10.2 Å². The molecule has 1 fully saturated rings. The number of hydrogen-bond acceptors (Lipinski definition) is 4. The van der Waals surface area contributed by atoms with E-state index in [1.54, 1.807) is 11.3 Å². The predicted molar refractivity (Wildman–Crippen MR) is 75.3 cm³/mol. The summed E-state index contributed by atoms with van der Waals surface area (Å²) in [4.78, 5) is 5.56. The highest BCUT2D eigenvalue weighted by Gasteiger charge is 2.40. The number of fused-ring (bicyclic) bond motifs is 1. The lowest BCUT2D eigenvalue weighted by Gasteiger charge is -2.35. The van der Waals surface area contributed by atoms with Crippen LogP contribution < -0.4 is 0 Å². The Morgan fingerprint density at radius 1 is 1.32 bits per heavy atom. The molecule has 2 aromatic heterocycles. The van der Waals surface area contributed by atoms with Crippen LogP contribution in [0.4, 0.5) is 0 Å². The number of aromatic nitrogens is 2. The van der Waals surface area contributed by atoms with Crippen molar-refractivity contribution >= 4 is 16.3 Å². The minimum absolute atomic E-state index is 0.0410. The van der Waals surface area contributed by atoms with Crippen LogP contribution in [0.2, 0.25) is 0 Å². The van der Waals surface area contributed by atoms with E-state index in [-0.39, 0.29) is 13.2 Å². The quantitative estimate of drug-likeness (QED) is 0.882. The second-order valence-corrected chi connectivity index (χ2v) is 6.53. The van der Waals surface area contributed by atoms with Gasteiger partial charge in [0.05, 0.1) is 18.9 Å². The van der Waals surface area contributed by atoms with E-state index < -0.39 is 5.41 Å². The van der Waals surface area contributed by atoms with Gasteiger partial charge in [-0.3, -0.25) is 4.40 Å². The molecule has 5 heteroatoms. The molecule has 0 amide bonds. The summed E-state index contributed by atoms with van der Waals surface area (Å²) in [5.41, 5.74) is 0.572. The molecule has 19 heavy (non-hydrogen) atoms. The van der Waals surface area contributed by atoms with E-state index in [2.05, 4.69) is 4.98 Å². The van der Waals surface area contributed by atoms with Crippen LogP contribution in [0.5, 0.6) is 0 Å². The monoisotopic (exact) mass is 280 g/mol. The lowest BCUT2D eigenvalue weighted by atomic mass is 9.72. The van der Waals surface area contributed by atoms with Gasteiger partial charge in [0.15, 0.2) is 4.96 Å². The Kier molecular flexibility index (Phi) is 3.60. The molecule has 0 atom stereocenters. The molecule has 0 unspecified atom stereocenters. The van der Waals surface area contributed by atoms with Crippen molar-refractivity contribution in [3.05, 3.63) is 23.5 Å². The highest BCUT2D eigenvalue weighted by molar-refractivity contribution is 7.15. The topological polar surface area (TPSA) is 57.8 Å². The molecule has 4 nitrogen and oxygen atoms in total. The van der Waals surface area contributed by atoms with Crippen LogP contribution in [0, 0.1) is 11.3 Å². The van der Waals surface area contributed by atoms with Crippen LogP contribution in [-0.4, -0.2) is 32.8 Å². The Morgan fingerprint density at radius 2 is 2.05 bits per heavy atom. The maximum atomic E-state index is 9.83. The van der Waals surface area contributed by atoms with Crippen molar-refractivity contribution in [2.75, 3.05) is 13.2 Å². The highest BCUT2D eigenvalue weighted by atomic mass is 32.1. The van der Waals surface area contributed by atoms with Crippen molar-refractivity contribution < 1.29 is 10.2 Å². The van der Waals surface area contributed by atoms with Crippen molar-refractivity contribution in [2.24, 2.45) is 11.3 Å². The lowest BCUT2D eigenvalue weighted by Crippen LogP contribution is -2.39. The number of nitrogens with zero attached hydrogens (tertiary/aromatic N) is 2. The van der Waals surface area contributed by atoms with Gasteiger partial charge in [0, 0.05) is 29.6 Å². The normalized spacial score (nSPS) is 17.6. The highest BCUT2D eigenvalue weighted by Crippen LogP contribution is 2.41. The number of rotatable bonds is 5. The molecular weight excluding hydrogens is 260 g/mol. The van der Waals surface area contributed by atoms with Gasteiger partial charge in [-0.05, 0) is 18.8 Å². The van der Waals surface area contributed by atoms with Crippen LogP contribution in [0.25, 0.3) is 4.96 Å². The number of thiazole rings is 1. The van der Waals surface area contributed by atoms with Gasteiger partial charge in [-0.1, -0.05) is 12.8 Å². The molecule has 2 N–H and O–H groups in total. The first-order valence-electron chi connectivity index (χ1n) is 6.90. The molecule has 2 aromatic rings. The predicted octanol–water partition coefficient (Wildman–Crippen LogP) is 2.10. The van der Waals surface area contributed by atoms with Gasteiger partial charge >= 0.3 is 0 Å². The van der Waals surface area contributed by atoms with Crippen molar-refractivity contribution in [3.63, 3.8) is 0 Å². The zero-order chi connectivity index (χ0) is 13.3. The molecule has 1 aliphatic carbocycles. The van der Waals surface area contributed by atoms with Crippen molar-refractivity contribution in [3.8, 4) is 0 Å². The molecular formula is C14H20N2O2S. The van der Waals surface area contributed by atoms with E-state index in [0.717, 1.165) is 23.5 Å². The number of aliphatic hydroxyl groups is 2. The lowest BCUT2D eigenvalue weighted by molar-refractivity contribution is 0.00505. The molecule has 1 aliphatic rings. The Labute approximate surface area is 116 Å². The van der Waals surface area contributed by atoms with E-state index in [1.165, 1.54) is 12.8 Å². The van der Waals surface area contributed by atoms with Gasteiger partial charge in [0.2, 0.25) is 0 Å². The average molecular weight is 280 g/mol. The second-order valence-electron chi connectivity index (χ2n) is 5.66. The van der Waals surface area contributed by atoms with Gasteiger partial charge in [0.1, 0.15) is 0 Å². The zero-order valence-corrected chi connectivity index (χ0v) is 11.8. The van der Waals surface area contributed by atoms with E-state index in [9.17, 15) is 10.2 Å². The molecule has 104 valence electrons. The van der Waals surface area contributed by atoms with Gasteiger partial charge in [-0.25, -0.2) is 4.98 Å². The van der Waals surface area contributed by atoms with Gasteiger partial charge in [-0.2, -0.15) is 0 Å². The Bertz CT molecular complexity index is 510. The first-order chi connectivity index (χ1) is 9.27. The maximum absolute atomic E-state index is 9.83. The van der Waals surface area contributed by atoms with E-state index >= 15 is 0 Å². The number of hydrogen-bond donors (Lipinski definition) is 2. The fourth-order valence-electron chi connectivity index (χ4n) is 3.32. The Hall–Kier alpha value is -0.910. The summed E-state index contributed by atoms with van der Waals surface area (Å²) in [5, 5.41) is 21.7. The first-order valence-corrected chi connectivity index (χ1v) is 7.78. The van der Waals surface area contributed by atoms with E-state index in [1.807, 2.05) is 22.2 Å². The summed E-state index contributed by atoms with van der Waals surface area (Å²) in [5.74, 6) is 0.419. The number of aliphatic hydroxyl groups excluding tert-OH is 2. The Morgan fingerprint density at radius 3 is 2.68 bits per heavy atom. The summed E-state index contributed by atoms with van der Waals surface area (Å²) >= 11 is 1.61. The molecule has 0 saturated heterocycles. The van der Waals surface area contributed by atoms with Crippen LogP contribution in [0.3, 0.4) is 0 Å². The van der Waals surface area contributed by atoms with E-state index in [4.69, 9.17) is 0 Å². The van der Waals surface area contributed by atoms with Crippen molar-refractivity contribution in [1.82, 2.24) is 9.38 Å². The Balaban J connectivity index is 1.85. The minimum atomic E-state index is -0.402. The molecule has 3 rings (SSSR count). The molecule has 1 saturated carbocycles. The fourth-order valence-corrected chi connectivity index (χ4v) is 4.04. The maximum Gasteiger partial charge on any atom is 0.193 e. The van der Waals surface area contributed by atoms with E-state index in [0.29, 0.717) is 12.3 Å². The van der Waals surface area contributed by atoms with Crippen molar-refractivity contribution in [1.29, 1.82) is 0 Å². The van der Waals surface area contributed by atoms with Crippen LogP contribution >= 0.6 is 11.3 Å². The molecule has 0 aliphatic heterocycles. The molecule has 0 radical (unpaired) electrons. The fraction of sp³-hybridized carbons (Fsp3) is 0.643. The van der Waals surface area contributed by atoms with Crippen LogP contribution in [0.15, 0.2) is 17.8 Å². The third kappa shape index (κ3) is 2.30. The summed E-state index contributed by atoms with van der Waals surface area (Å²) < 4.78 is 2.01. The molecule has 2 heterocycles. The standard InChI is InChI=1S/C14H20N2O2S/c17-9-14(10-18,11-3-1-2-4-11)7-12-8-16-5-6-19-13(16)15-12/h5-6,8,11,17-18H,1-4,7,9-10H2. The van der Waals surface area contributed by atoms with Gasteiger partial charge in [0.25, 0.3) is 0 Å². The second kappa shape index (κ2) is 5.23. The third-order valence-corrected chi connectivity index (χ3v) is 5.30. The molecule has 0 bridgehead atoms. The minimum Gasteiger partial charge on any atom is -0.396 e.